The fraction of sp³-hybridized carbons (Fsp3) is 0.0833. The Morgan fingerprint density at radius 2 is 1.79 bits per heavy atom. The SMILES string of the molecule is Cc1nn(Cc2ccccc2)c2sc(C(=O)Nc3ccc(C(=O)Nc4nccs4)cc3)cc12. The van der Waals surface area contributed by atoms with Crippen molar-refractivity contribution >= 4 is 55.5 Å². The van der Waals surface area contributed by atoms with Crippen LogP contribution in [0.15, 0.2) is 72.2 Å². The Morgan fingerprint density at radius 1 is 1.00 bits per heavy atom. The van der Waals surface area contributed by atoms with Crippen LogP contribution in [0.4, 0.5) is 10.8 Å². The highest BCUT2D eigenvalue weighted by atomic mass is 32.1. The van der Waals surface area contributed by atoms with Crippen molar-refractivity contribution in [3.8, 4) is 0 Å². The van der Waals surface area contributed by atoms with Gasteiger partial charge in [-0.25, -0.2) is 4.98 Å². The summed E-state index contributed by atoms with van der Waals surface area (Å²) in [5.41, 5.74) is 3.15. The number of amides is 2. The number of thiophene rings is 1. The van der Waals surface area contributed by atoms with Crippen LogP contribution in [-0.2, 0) is 6.54 Å². The Balaban J connectivity index is 1.30. The second-order valence-corrected chi connectivity index (χ2v) is 9.31. The lowest BCUT2D eigenvalue weighted by molar-refractivity contribution is 0.102. The van der Waals surface area contributed by atoms with Crippen LogP contribution >= 0.6 is 22.7 Å². The molecule has 0 radical (unpaired) electrons. The predicted molar refractivity (Wildman–Crippen MR) is 132 cm³/mol. The Hall–Kier alpha value is -3.82. The lowest BCUT2D eigenvalue weighted by Gasteiger charge is -2.06. The summed E-state index contributed by atoms with van der Waals surface area (Å²) in [6, 6.07) is 18.8. The maximum Gasteiger partial charge on any atom is 0.265 e. The first-order valence-corrected chi connectivity index (χ1v) is 11.9. The number of fused-ring (bicyclic) bond motifs is 1. The van der Waals surface area contributed by atoms with E-state index in [1.807, 2.05) is 35.9 Å². The third-order valence-corrected chi connectivity index (χ3v) is 6.90. The standard InChI is InChI=1S/C24H19N5O2S2/c1-15-19-13-20(33-23(19)29(28-15)14-16-5-3-2-4-6-16)22(31)26-18-9-7-17(8-10-18)21(30)27-24-25-11-12-32-24/h2-13H,14H2,1H3,(H,26,31)(H,25,27,30). The highest BCUT2D eigenvalue weighted by Crippen LogP contribution is 2.29. The monoisotopic (exact) mass is 473 g/mol. The van der Waals surface area contributed by atoms with Gasteiger partial charge < -0.3 is 5.32 Å². The molecule has 0 aliphatic carbocycles. The molecule has 2 aromatic carbocycles. The summed E-state index contributed by atoms with van der Waals surface area (Å²) >= 11 is 2.77. The zero-order valence-corrected chi connectivity index (χ0v) is 19.2. The number of benzene rings is 2. The van der Waals surface area contributed by atoms with Crippen LogP contribution in [0.2, 0.25) is 0 Å². The van der Waals surface area contributed by atoms with E-state index in [2.05, 4.69) is 32.8 Å². The second kappa shape index (κ2) is 8.97. The van der Waals surface area contributed by atoms with Gasteiger partial charge in [-0.05, 0) is 42.8 Å². The van der Waals surface area contributed by atoms with E-state index in [0.29, 0.717) is 27.8 Å². The van der Waals surface area contributed by atoms with Gasteiger partial charge >= 0.3 is 0 Å². The highest BCUT2D eigenvalue weighted by Gasteiger charge is 2.17. The molecule has 2 N–H and O–H groups in total. The van der Waals surface area contributed by atoms with Gasteiger partial charge in [0.25, 0.3) is 11.8 Å². The van der Waals surface area contributed by atoms with Crippen LogP contribution in [0.5, 0.6) is 0 Å². The van der Waals surface area contributed by atoms with E-state index in [1.165, 1.54) is 22.7 Å². The van der Waals surface area contributed by atoms with Crippen molar-refractivity contribution in [2.45, 2.75) is 13.5 Å². The van der Waals surface area contributed by atoms with Crippen LogP contribution < -0.4 is 10.6 Å². The summed E-state index contributed by atoms with van der Waals surface area (Å²) in [5, 5.41) is 13.6. The number of rotatable bonds is 6. The van der Waals surface area contributed by atoms with E-state index in [-0.39, 0.29) is 11.8 Å². The van der Waals surface area contributed by atoms with Crippen molar-refractivity contribution in [3.05, 3.63) is 93.9 Å². The van der Waals surface area contributed by atoms with Gasteiger partial charge in [0.05, 0.1) is 17.1 Å². The number of carbonyl (C=O) groups is 2. The second-order valence-electron chi connectivity index (χ2n) is 7.38. The molecule has 0 bridgehead atoms. The van der Waals surface area contributed by atoms with Crippen LogP contribution in [0.3, 0.4) is 0 Å². The van der Waals surface area contributed by atoms with E-state index in [0.717, 1.165) is 21.5 Å². The molecule has 5 aromatic rings. The summed E-state index contributed by atoms with van der Waals surface area (Å²) < 4.78 is 1.94. The number of anilines is 2. The fourth-order valence-corrected chi connectivity index (χ4v) is 5.02. The number of hydrogen-bond acceptors (Lipinski definition) is 6. The van der Waals surface area contributed by atoms with Crippen LogP contribution in [0.25, 0.3) is 10.2 Å². The largest absolute Gasteiger partial charge is 0.321 e. The van der Waals surface area contributed by atoms with Gasteiger partial charge in [0.2, 0.25) is 0 Å². The lowest BCUT2D eigenvalue weighted by Crippen LogP contribution is -2.13. The summed E-state index contributed by atoms with van der Waals surface area (Å²) in [5.74, 6) is -0.437. The van der Waals surface area contributed by atoms with Crippen LogP contribution in [0, 0.1) is 6.92 Å². The summed E-state index contributed by atoms with van der Waals surface area (Å²) in [4.78, 5) is 30.8. The van der Waals surface area contributed by atoms with E-state index in [4.69, 9.17) is 0 Å². The number of hydrogen-bond donors (Lipinski definition) is 2. The van der Waals surface area contributed by atoms with E-state index in [1.54, 1.807) is 35.8 Å². The van der Waals surface area contributed by atoms with E-state index < -0.39 is 0 Å². The molecule has 33 heavy (non-hydrogen) atoms. The molecule has 0 aliphatic heterocycles. The summed E-state index contributed by atoms with van der Waals surface area (Å²) in [6.07, 6.45) is 1.63. The van der Waals surface area contributed by atoms with Crippen molar-refractivity contribution in [2.75, 3.05) is 10.6 Å². The Morgan fingerprint density at radius 3 is 2.52 bits per heavy atom. The molecule has 3 aromatic heterocycles. The molecule has 7 nitrogen and oxygen atoms in total. The Bertz CT molecular complexity index is 1420. The minimum Gasteiger partial charge on any atom is -0.321 e. The average Bonchev–Trinajstić information content (AvgIpc) is 3.55. The molecule has 0 fully saturated rings. The first-order chi connectivity index (χ1) is 16.1. The summed E-state index contributed by atoms with van der Waals surface area (Å²) in [6.45, 7) is 2.60. The van der Waals surface area contributed by atoms with Crippen molar-refractivity contribution in [1.82, 2.24) is 14.8 Å². The first kappa shape index (κ1) is 21.0. The van der Waals surface area contributed by atoms with Gasteiger partial charge in [0.15, 0.2) is 5.13 Å². The third-order valence-electron chi connectivity index (χ3n) is 5.06. The van der Waals surface area contributed by atoms with Crippen molar-refractivity contribution in [3.63, 3.8) is 0 Å². The van der Waals surface area contributed by atoms with Crippen LogP contribution in [0.1, 0.15) is 31.3 Å². The lowest BCUT2D eigenvalue weighted by atomic mass is 10.2. The van der Waals surface area contributed by atoms with Gasteiger partial charge in [-0.15, -0.1) is 22.7 Å². The maximum atomic E-state index is 12.9. The quantitative estimate of drug-likeness (QED) is 0.345. The van der Waals surface area contributed by atoms with Crippen molar-refractivity contribution < 1.29 is 9.59 Å². The van der Waals surface area contributed by atoms with E-state index >= 15 is 0 Å². The zero-order chi connectivity index (χ0) is 22.8. The molecule has 0 saturated heterocycles. The number of nitrogens with zero attached hydrogens (tertiary/aromatic N) is 3. The van der Waals surface area contributed by atoms with Gasteiger partial charge in [-0.3, -0.25) is 19.6 Å². The smallest absolute Gasteiger partial charge is 0.265 e. The van der Waals surface area contributed by atoms with E-state index in [9.17, 15) is 9.59 Å². The van der Waals surface area contributed by atoms with Gasteiger partial charge in [-0.1, -0.05) is 30.3 Å². The number of thiazole rings is 1. The minimum atomic E-state index is -0.245. The molecule has 9 heteroatoms. The molecule has 0 saturated carbocycles. The Kier molecular flexibility index (Phi) is 5.72. The molecule has 5 rings (SSSR count). The molecular formula is C24H19N5O2S2. The maximum absolute atomic E-state index is 12.9. The zero-order valence-electron chi connectivity index (χ0n) is 17.6. The third kappa shape index (κ3) is 4.55. The number of nitrogens with one attached hydrogen (secondary N) is 2. The first-order valence-electron chi connectivity index (χ1n) is 10.2. The molecule has 2 amide bonds. The summed E-state index contributed by atoms with van der Waals surface area (Å²) in [7, 11) is 0. The normalized spacial score (nSPS) is 10.9. The topological polar surface area (TPSA) is 88.9 Å². The van der Waals surface area contributed by atoms with Crippen LogP contribution in [-0.4, -0.2) is 26.6 Å². The van der Waals surface area contributed by atoms with Gasteiger partial charge in [0, 0.05) is 28.2 Å². The highest BCUT2D eigenvalue weighted by molar-refractivity contribution is 7.20. The van der Waals surface area contributed by atoms with Crippen molar-refractivity contribution in [2.24, 2.45) is 0 Å². The van der Waals surface area contributed by atoms with Crippen molar-refractivity contribution in [1.29, 1.82) is 0 Å². The molecule has 0 aliphatic rings. The molecule has 0 unspecified atom stereocenters. The minimum absolute atomic E-state index is 0.193. The number of carbonyl (C=O) groups excluding carboxylic acids is 2. The molecule has 0 atom stereocenters. The fourth-order valence-electron chi connectivity index (χ4n) is 3.44. The average molecular weight is 474 g/mol. The Labute approximate surface area is 197 Å². The van der Waals surface area contributed by atoms with Gasteiger partial charge in [0.1, 0.15) is 4.83 Å². The number of aromatic nitrogens is 3. The predicted octanol–water partition coefficient (Wildman–Crippen LogP) is 5.42. The molecular weight excluding hydrogens is 454 g/mol. The molecule has 0 spiro atoms. The molecule has 3 heterocycles. The molecule has 164 valence electrons. The number of aryl methyl sites for hydroxylation is 1. The van der Waals surface area contributed by atoms with Gasteiger partial charge in [-0.2, -0.15) is 5.10 Å².